The average Bonchev–Trinajstić information content (AvgIpc) is 3.46. The van der Waals surface area contributed by atoms with Crippen molar-refractivity contribution in [2.45, 2.75) is 63.8 Å². The van der Waals surface area contributed by atoms with Crippen LogP contribution in [-0.2, 0) is 31.1 Å². The molecule has 0 aliphatic heterocycles. The van der Waals surface area contributed by atoms with Crippen molar-refractivity contribution in [2.75, 3.05) is 7.05 Å². The lowest BCUT2D eigenvalue weighted by atomic mass is 9.77. The van der Waals surface area contributed by atoms with Gasteiger partial charge in [0.15, 0.2) is 0 Å². The number of rotatable bonds is 11. The summed E-state index contributed by atoms with van der Waals surface area (Å²) in [4.78, 5) is 38.7. The first-order chi connectivity index (χ1) is 20.8. The molecule has 4 rings (SSSR count). The molecule has 1 atom stereocenters. The highest BCUT2D eigenvalue weighted by Gasteiger charge is 2.38. The molecule has 232 valence electrons. The number of aliphatic carboxylic acids is 1. The van der Waals surface area contributed by atoms with Crippen LogP contribution in [0, 0.1) is 0 Å². The standard InChI is InChI=1S/C30H32N4O3.C5H10O2/c1-29(2,28(36)37)33-27(35)26(31-3)19-25-20-34(21-32-25)30(22-13-7-4-8-14-22,23-15-9-5-10-16-23)24-17-11-6-12-18-24;1-5(2,3)7-4-6/h4-18,20-21,26,31H,19H2,1-3H3,(H,33,35)(H,36,37);4H,1-3H3. The van der Waals surface area contributed by atoms with Gasteiger partial charge in [-0.1, -0.05) is 91.0 Å². The van der Waals surface area contributed by atoms with Crippen LogP contribution in [0.25, 0.3) is 0 Å². The molecule has 1 unspecified atom stereocenters. The normalized spacial score (nSPS) is 12.3. The molecule has 9 heteroatoms. The van der Waals surface area contributed by atoms with Gasteiger partial charge < -0.3 is 25.0 Å². The van der Waals surface area contributed by atoms with Crippen LogP contribution >= 0.6 is 0 Å². The van der Waals surface area contributed by atoms with Crippen molar-refractivity contribution >= 4 is 18.3 Å². The summed E-state index contributed by atoms with van der Waals surface area (Å²) in [5.74, 6) is -1.50. The minimum atomic E-state index is -1.38. The van der Waals surface area contributed by atoms with Crippen LogP contribution in [0.5, 0.6) is 0 Å². The highest BCUT2D eigenvalue weighted by molar-refractivity contribution is 5.89. The van der Waals surface area contributed by atoms with Gasteiger partial charge in [0.1, 0.15) is 16.7 Å². The number of amides is 1. The summed E-state index contributed by atoms with van der Waals surface area (Å²) in [5, 5.41) is 15.0. The van der Waals surface area contributed by atoms with E-state index in [9.17, 15) is 19.5 Å². The maximum Gasteiger partial charge on any atom is 0.328 e. The fraction of sp³-hybridized carbons (Fsp3) is 0.314. The Hall–Kier alpha value is -4.76. The zero-order valence-electron chi connectivity index (χ0n) is 26.2. The molecule has 0 saturated carbocycles. The fourth-order valence-electron chi connectivity index (χ4n) is 4.77. The van der Waals surface area contributed by atoms with Crippen molar-refractivity contribution in [1.29, 1.82) is 0 Å². The molecular weight excluding hydrogens is 556 g/mol. The molecule has 3 N–H and O–H groups in total. The second kappa shape index (κ2) is 14.6. The first-order valence-corrected chi connectivity index (χ1v) is 14.4. The van der Waals surface area contributed by atoms with Crippen molar-refractivity contribution in [1.82, 2.24) is 20.2 Å². The molecule has 4 aromatic rings. The van der Waals surface area contributed by atoms with Crippen LogP contribution < -0.4 is 10.6 Å². The Balaban J connectivity index is 0.000000676. The molecule has 0 aliphatic rings. The van der Waals surface area contributed by atoms with E-state index in [4.69, 9.17) is 0 Å². The summed E-state index contributed by atoms with van der Waals surface area (Å²) in [5.41, 5.74) is 1.52. The van der Waals surface area contributed by atoms with Gasteiger partial charge in [-0.3, -0.25) is 9.59 Å². The van der Waals surface area contributed by atoms with Gasteiger partial charge in [0.05, 0.1) is 18.1 Å². The van der Waals surface area contributed by atoms with Crippen LogP contribution in [-0.4, -0.2) is 57.2 Å². The lowest BCUT2D eigenvalue weighted by Gasteiger charge is -2.37. The summed E-state index contributed by atoms with van der Waals surface area (Å²) in [6, 6.07) is 30.2. The smallest absolute Gasteiger partial charge is 0.328 e. The van der Waals surface area contributed by atoms with E-state index in [1.54, 1.807) is 13.4 Å². The number of ether oxygens (including phenoxy) is 1. The van der Waals surface area contributed by atoms with Crippen LogP contribution in [0.4, 0.5) is 0 Å². The topological polar surface area (TPSA) is 123 Å². The highest BCUT2D eigenvalue weighted by Crippen LogP contribution is 2.40. The molecule has 0 bridgehead atoms. The number of hydrogen-bond donors (Lipinski definition) is 3. The van der Waals surface area contributed by atoms with Gasteiger partial charge in [-0.2, -0.15) is 0 Å². The average molecular weight is 599 g/mol. The third-order valence-electron chi connectivity index (χ3n) is 7.05. The van der Waals surface area contributed by atoms with Gasteiger partial charge in [-0.05, 0) is 58.4 Å². The molecule has 0 aliphatic carbocycles. The molecule has 44 heavy (non-hydrogen) atoms. The predicted molar refractivity (Wildman–Crippen MR) is 170 cm³/mol. The molecular formula is C35H42N4O5. The first-order valence-electron chi connectivity index (χ1n) is 14.4. The Labute approximate surface area is 259 Å². The van der Waals surface area contributed by atoms with E-state index in [0.717, 1.165) is 16.7 Å². The molecule has 0 fully saturated rings. The number of carbonyl (C=O) groups excluding carboxylic acids is 2. The summed E-state index contributed by atoms with van der Waals surface area (Å²) in [6.07, 6.45) is 4.06. The number of nitrogens with zero attached hydrogens (tertiary/aromatic N) is 2. The molecule has 1 amide bonds. The molecule has 0 saturated heterocycles. The Bertz CT molecular complexity index is 1400. The van der Waals surface area contributed by atoms with E-state index in [1.165, 1.54) is 13.8 Å². The number of imidazole rings is 1. The van der Waals surface area contributed by atoms with Gasteiger partial charge >= 0.3 is 5.97 Å². The molecule has 3 aromatic carbocycles. The van der Waals surface area contributed by atoms with Crippen molar-refractivity contribution in [3.8, 4) is 0 Å². The van der Waals surface area contributed by atoms with Gasteiger partial charge in [0.25, 0.3) is 6.47 Å². The number of carbonyl (C=O) groups is 3. The first kappa shape index (κ1) is 33.7. The Morgan fingerprint density at radius 2 is 1.32 bits per heavy atom. The van der Waals surface area contributed by atoms with E-state index < -0.39 is 29.0 Å². The van der Waals surface area contributed by atoms with Crippen molar-refractivity contribution in [3.63, 3.8) is 0 Å². The molecule has 0 radical (unpaired) electrons. The number of carboxylic acid groups (broad SMARTS) is 1. The minimum Gasteiger partial charge on any atom is -0.480 e. The largest absolute Gasteiger partial charge is 0.480 e. The van der Waals surface area contributed by atoms with Crippen LogP contribution in [0.2, 0.25) is 0 Å². The lowest BCUT2D eigenvalue weighted by molar-refractivity contribution is -0.146. The summed E-state index contributed by atoms with van der Waals surface area (Å²) in [6.45, 7) is 8.84. The van der Waals surface area contributed by atoms with Gasteiger partial charge in [0, 0.05) is 12.6 Å². The van der Waals surface area contributed by atoms with Crippen LogP contribution in [0.3, 0.4) is 0 Å². The maximum absolute atomic E-state index is 12.9. The van der Waals surface area contributed by atoms with Gasteiger partial charge in [-0.25, -0.2) is 9.78 Å². The third kappa shape index (κ3) is 8.20. The van der Waals surface area contributed by atoms with E-state index in [0.29, 0.717) is 18.6 Å². The van der Waals surface area contributed by atoms with E-state index in [2.05, 4.69) is 61.3 Å². The fourth-order valence-corrected chi connectivity index (χ4v) is 4.77. The Morgan fingerprint density at radius 3 is 1.66 bits per heavy atom. The second-order valence-corrected chi connectivity index (χ2v) is 11.9. The maximum atomic E-state index is 12.9. The number of nitrogens with one attached hydrogen (secondary N) is 2. The van der Waals surface area contributed by atoms with Gasteiger partial charge in [-0.15, -0.1) is 0 Å². The van der Waals surface area contributed by atoms with E-state index in [1.807, 2.05) is 81.6 Å². The number of carboxylic acids is 1. The van der Waals surface area contributed by atoms with Crippen LogP contribution in [0.15, 0.2) is 104 Å². The molecule has 0 spiro atoms. The minimum absolute atomic E-state index is 0.291. The highest BCUT2D eigenvalue weighted by atomic mass is 16.5. The molecule has 1 heterocycles. The van der Waals surface area contributed by atoms with E-state index >= 15 is 0 Å². The van der Waals surface area contributed by atoms with E-state index in [-0.39, 0.29) is 5.60 Å². The molecule has 9 nitrogen and oxygen atoms in total. The molecule has 1 aromatic heterocycles. The van der Waals surface area contributed by atoms with Crippen LogP contribution in [0.1, 0.15) is 57.0 Å². The number of likely N-dealkylation sites (N-methyl/N-ethyl adjacent to an activating group) is 1. The van der Waals surface area contributed by atoms with Crippen molar-refractivity contribution < 1.29 is 24.2 Å². The number of hydrogen-bond acceptors (Lipinski definition) is 6. The monoisotopic (exact) mass is 598 g/mol. The summed E-state index contributed by atoms with van der Waals surface area (Å²) >= 11 is 0. The number of aromatic nitrogens is 2. The quantitative estimate of drug-likeness (QED) is 0.168. The van der Waals surface area contributed by atoms with Gasteiger partial charge in [0.2, 0.25) is 5.91 Å². The predicted octanol–water partition coefficient (Wildman–Crippen LogP) is 4.79. The SMILES string of the molecule is CC(C)(C)OC=O.CNC(Cc1cn(C(c2ccccc2)(c2ccccc2)c2ccccc2)cn1)C(=O)NC(C)(C)C(=O)O. The Kier molecular flexibility index (Phi) is 11.2. The summed E-state index contributed by atoms with van der Waals surface area (Å²) in [7, 11) is 1.68. The Morgan fingerprint density at radius 1 is 0.864 bits per heavy atom. The van der Waals surface area contributed by atoms with Crippen molar-refractivity contribution in [3.05, 3.63) is 126 Å². The third-order valence-corrected chi connectivity index (χ3v) is 7.05. The lowest BCUT2D eigenvalue weighted by Crippen LogP contribution is -2.55. The second-order valence-electron chi connectivity index (χ2n) is 11.9. The zero-order valence-corrected chi connectivity index (χ0v) is 26.2. The number of benzene rings is 3. The zero-order chi connectivity index (χ0) is 32.4. The summed E-state index contributed by atoms with van der Waals surface area (Å²) < 4.78 is 6.64. The van der Waals surface area contributed by atoms with Crippen molar-refractivity contribution in [2.24, 2.45) is 0 Å².